The molecule has 2 amide bonds. The molecule has 5 rings (SSSR count). The van der Waals surface area contributed by atoms with Crippen LogP contribution in [0, 0.1) is 6.92 Å². The minimum Gasteiger partial charge on any atom is -0.324 e. The lowest BCUT2D eigenvalue weighted by atomic mass is 10.1. The number of aromatic nitrogens is 3. The molecule has 0 unspecified atom stereocenters. The third-order valence-electron chi connectivity index (χ3n) is 5.51. The molecule has 0 radical (unpaired) electrons. The van der Waals surface area contributed by atoms with E-state index < -0.39 is 5.91 Å². The van der Waals surface area contributed by atoms with Crippen molar-refractivity contribution in [3.63, 3.8) is 0 Å². The summed E-state index contributed by atoms with van der Waals surface area (Å²) in [6.45, 7) is 2.13. The second kappa shape index (κ2) is 8.92. The van der Waals surface area contributed by atoms with E-state index >= 15 is 0 Å². The quantitative estimate of drug-likeness (QED) is 0.444. The van der Waals surface area contributed by atoms with Gasteiger partial charge >= 0.3 is 0 Å². The highest BCUT2D eigenvalue weighted by Crippen LogP contribution is 2.28. The molecule has 4 aromatic rings. The molecular formula is C25H19ClN6O2. The number of amides is 2. The second-order valence-electron chi connectivity index (χ2n) is 7.76. The number of pyridine rings is 1. The highest BCUT2D eigenvalue weighted by molar-refractivity contribution is 6.32. The number of nitrogens with zero attached hydrogens (tertiary/aromatic N) is 4. The summed E-state index contributed by atoms with van der Waals surface area (Å²) in [5.41, 5.74) is 7.43. The summed E-state index contributed by atoms with van der Waals surface area (Å²) in [7, 11) is 0. The van der Waals surface area contributed by atoms with Crippen LogP contribution in [0.2, 0.25) is 5.02 Å². The van der Waals surface area contributed by atoms with E-state index in [0.29, 0.717) is 33.3 Å². The van der Waals surface area contributed by atoms with Gasteiger partial charge in [0.25, 0.3) is 11.8 Å². The zero-order valence-electron chi connectivity index (χ0n) is 18.1. The molecule has 9 heteroatoms. The third-order valence-corrected chi connectivity index (χ3v) is 5.86. The number of hydrazine groups is 1. The first-order valence-corrected chi connectivity index (χ1v) is 10.9. The summed E-state index contributed by atoms with van der Waals surface area (Å²) in [5.74, 6) is -0.316. The molecule has 2 aromatic carbocycles. The van der Waals surface area contributed by atoms with Crippen molar-refractivity contribution in [3.8, 4) is 11.3 Å². The molecule has 8 nitrogen and oxygen atoms in total. The summed E-state index contributed by atoms with van der Waals surface area (Å²) in [6, 6.07) is 15.9. The largest absolute Gasteiger partial charge is 0.324 e. The number of benzene rings is 2. The van der Waals surface area contributed by atoms with Crippen LogP contribution in [0.15, 0.2) is 73.2 Å². The van der Waals surface area contributed by atoms with E-state index in [1.807, 2.05) is 25.1 Å². The van der Waals surface area contributed by atoms with Crippen LogP contribution < -0.4 is 10.7 Å². The van der Waals surface area contributed by atoms with Gasteiger partial charge in [-0.05, 0) is 55.0 Å². The molecule has 0 fully saturated rings. The molecule has 168 valence electrons. The van der Waals surface area contributed by atoms with Crippen LogP contribution in [0.25, 0.3) is 11.3 Å². The maximum absolute atomic E-state index is 12.9. The molecule has 1 aliphatic rings. The maximum Gasteiger partial charge on any atom is 0.273 e. The van der Waals surface area contributed by atoms with Gasteiger partial charge < -0.3 is 5.32 Å². The monoisotopic (exact) mass is 470 g/mol. The van der Waals surface area contributed by atoms with Crippen molar-refractivity contribution in [3.05, 3.63) is 100 Å². The topological polar surface area (TPSA) is 100 Å². The molecule has 0 atom stereocenters. The molecule has 2 N–H and O–H groups in total. The molecule has 0 bridgehead atoms. The minimum atomic E-state index is -0.412. The van der Waals surface area contributed by atoms with Gasteiger partial charge in [0, 0.05) is 51.6 Å². The number of rotatable bonds is 5. The lowest BCUT2D eigenvalue weighted by Crippen LogP contribution is -2.42. The van der Waals surface area contributed by atoms with Gasteiger partial charge in [-0.1, -0.05) is 23.7 Å². The Morgan fingerprint density at radius 1 is 1.09 bits per heavy atom. The number of hydrogen-bond acceptors (Lipinski definition) is 6. The van der Waals surface area contributed by atoms with Crippen molar-refractivity contribution in [2.75, 3.05) is 5.32 Å². The molecule has 2 aromatic heterocycles. The van der Waals surface area contributed by atoms with E-state index in [9.17, 15) is 9.59 Å². The average molecular weight is 471 g/mol. The molecule has 0 aliphatic carbocycles. The standard InChI is InChI=1S/C25H19ClN6O2/c1-15-7-8-16(23(33)31-32-14-19-18(24(32)34)5-2-6-20(19)26)12-22(15)30-25-28-11-9-21(29-25)17-4-3-10-27-13-17/h2-13H,14H2,1H3,(H,31,33)(H,28,29,30). The van der Waals surface area contributed by atoms with Gasteiger partial charge in [0.05, 0.1) is 12.2 Å². The fourth-order valence-corrected chi connectivity index (χ4v) is 3.92. The zero-order chi connectivity index (χ0) is 23.7. The highest BCUT2D eigenvalue weighted by atomic mass is 35.5. The van der Waals surface area contributed by atoms with Crippen LogP contribution in [-0.4, -0.2) is 31.8 Å². The fraction of sp³-hybridized carbons (Fsp3) is 0.0800. The summed E-state index contributed by atoms with van der Waals surface area (Å²) < 4.78 is 0. The Morgan fingerprint density at radius 3 is 2.76 bits per heavy atom. The van der Waals surface area contributed by atoms with Crippen LogP contribution in [-0.2, 0) is 6.54 Å². The SMILES string of the molecule is Cc1ccc(C(=O)NN2Cc3c(Cl)cccc3C2=O)cc1Nc1nccc(-c2cccnc2)n1. The molecule has 0 spiro atoms. The van der Waals surface area contributed by atoms with Gasteiger partial charge in [-0.3, -0.25) is 20.0 Å². The summed E-state index contributed by atoms with van der Waals surface area (Å²) in [5, 5.41) is 4.95. The summed E-state index contributed by atoms with van der Waals surface area (Å²) in [4.78, 5) is 38.5. The van der Waals surface area contributed by atoms with Crippen molar-refractivity contribution < 1.29 is 9.59 Å². The first-order valence-electron chi connectivity index (χ1n) is 10.5. The van der Waals surface area contributed by atoms with Crippen LogP contribution in [0.1, 0.15) is 31.8 Å². The molecule has 1 aliphatic heterocycles. The predicted molar refractivity (Wildman–Crippen MR) is 129 cm³/mol. The van der Waals surface area contributed by atoms with Gasteiger partial charge in [0.15, 0.2) is 0 Å². The lowest BCUT2D eigenvalue weighted by Gasteiger charge is -2.18. The van der Waals surface area contributed by atoms with E-state index in [0.717, 1.165) is 16.8 Å². The van der Waals surface area contributed by atoms with E-state index in [2.05, 4.69) is 25.7 Å². The van der Waals surface area contributed by atoms with Crippen molar-refractivity contribution in [1.29, 1.82) is 0 Å². The van der Waals surface area contributed by atoms with Crippen LogP contribution >= 0.6 is 11.6 Å². The third kappa shape index (κ3) is 4.18. The van der Waals surface area contributed by atoms with Crippen molar-refractivity contribution in [2.45, 2.75) is 13.5 Å². The van der Waals surface area contributed by atoms with Gasteiger partial charge in [0.1, 0.15) is 0 Å². The number of nitrogens with one attached hydrogen (secondary N) is 2. The Hall–Kier alpha value is -4.30. The Morgan fingerprint density at radius 2 is 1.97 bits per heavy atom. The number of carbonyl (C=O) groups excluding carboxylic acids is 2. The zero-order valence-corrected chi connectivity index (χ0v) is 18.9. The number of anilines is 2. The number of fused-ring (bicyclic) bond motifs is 1. The van der Waals surface area contributed by atoms with Gasteiger partial charge in [-0.15, -0.1) is 0 Å². The van der Waals surface area contributed by atoms with Gasteiger partial charge in [0.2, 0.25) is 5.95 Å². The Bertz CT molecular complexity index is 1410. The summed E-state index contributed by atoms with van der Waals surface area (Å²) in [6.07, 6.45) is 5.09. The maximum atomic E-state index is 12.9. The predicted octanol–water partition coefficient (Wildman–Crippen LogP) is 4.54. The minimum absolute atomic E-state index is 0.214. The lowest BCUT2D eigenvalue weighted by molar-refractivity contribution is 0.0602. The normalized spacial score (nSPS) is 12.4. The van der Waals surface area contributed by atoms with Gasteiger partial charge in [-0.25, -0.2) is 15.0 Å². The van der Waals surface area contributed by atoms with Crippen molar-refractivity contribution in [1.82, 2.24) is 25.4 Å². The number of aryl methyl sites for hydroxylation is 1. The second-order valence-corrected chi connectivity index (χ2v) is 8.17. The van der Waals surface area contributed by atoms with Gasteiger partial charge in [-0.2, -0.15) is 0 Å². The first-order chi connectivity index (χ1) is 16.5. The number of hydrogen-bond donors (Lipinski definition) is 2. The Labute approximate surface area is 200 Å². The highest BCUT2D eigenvalue weighted by Gasteiger charge is 2.30. The van der Waals surface area contributed by atoms with Crippen LogP contribution in [0.4, 0.5) is 11.6 Å². The average Bonchev–Trinajstić information content (AvgIpc) is 3.17. The van der Waals surface area contributed by atoms with Crippen LogP contribution in [0.5, 0.6) is 0 Å². The van der Waals surface area contributed by atoms with Crippen molar-refractivity contribution >= 4 is 35.1 Å². The van der Waals surface area contributed by atoms with Crippen molar-refractivity contribution in [2.24, 2.45) is 0 Å². The van der Waals surface area contributed by atoms with Crippen LogP contribution in [0.3, 0.4) is 0 Å². The summed E-state index contributed by atoms with van der Waals surface area (Å²) >= 11 is 6.20. The van der Waals surface area contributed by atoms with E-state index in [1.165, 1.54) is 5.01 Å². The number of halogens is 1. The molecule has 0 saturated heterocycles. The van der Waals surface area contributed by atoms with E-state index in [1.54, 1.807) is 55.0 Å². The Balaban J connectivity index is 1.34. The number of carbonyl (C=O) groups is 2. The van der Waals surface area contributed by atoms with E-state index in [4.69, 9.17) is 11.6 Å². The Kier molecular flexibility index (Phi) is 5.65. The molecule has 0 saturated carbocycles. The van der Waals surface area contributed by atoms with E-state index in [-0.39, 0.29) is 12.5 Å². The fourth-order valence-electron chi connectivity index (χ4n) is 3.68. The smallest absolute Gasteiger partial charge is 0.273 e. The molecular weight excluding hydrogens is 452 g/mol. The molecule has 3 heterocycles. The first kappa shape index (κ1) is 21.5. The molecule has 34 heavy (non-hydrogen) atoms.